The van der Waals surface area contributed by atoms with Crippen LogP contribution in [0.5, 0.6) is 0 Å². The highest BCUT2D eigenvalue weighted by atomic mass is 16.6. The first kappa shape index (κ1) is 19.4. The second-order valence-corrected chi connectivity index (χ2v) is 12.0. The van der Waals surface area contributed by atoms with E-state index >= 15 is 0 Å². The summed E-state index contributed by atoms with van der Waals surface area (Å²) in [5.41, 5.74) is 0.397. The Balaban J connectivity index is 1.34. The molecule has 4 nitrogen and oxygen atoms in total. The molecule has 9 atom stereocenters. The summed E-state index contributed by atoms with van der Waals surface area (Å²) in [5.74, 6) is 3.08. The normalized spacial score (nSPS) is 52.8. The molecule has 28 heavy (non-hydrogen) atoms. The Hall–Kier alpha value is -0.610. The van der Waals surface area contributed by atoms with Crippen LogP contribution in [0.15, 0.2) is 0 Å². The van der Waals surface area contributed by atoms with E-state index in [4.69, 9.17) is 9.47 Å². The highest BCUT2D eigenvalue weighted by molar-refractivity contribution is 5.75. The van der Waals surface area contributed by atoms with Crippen molar-refractivity contribution in [2.45, 2.75) is 84.5 Å². The molecule has 0 unspecified atom stereocenters. The van der Waals surface area contributed by atoms with Gasteiger partial charge in [0.15, 0.2) is 0 Å². The van der Waals surface area contributed by atoms with Crippen molar-refractivity contribution in [3.8, 4) is 0 Å². The molecule has 0 spiro atoms. The summed E-state index contributed by atoms with van der Waals surface area (Å²) in [6.45, 7) is 14.9. The van der Waals surface area contributed by atoms with E-state index in [0.29, 0.717) is 35.2 Å². The number of hydrogen-bond donors (Lipinski definition) is 0. The molecule has 3 saturated heterocycles. The standard InChI is InChI=1S/C24H39NO3/c1-14-7-9-25(13-23(3,4)11-14)12-18-17-10-15(2)16-6-8-24(5)21(28-24)19(16)20(17)27-22(18)26/h14-21H,6-13H2,1-5H3/t14-,15+,16-,17-,18+,19-,20-,21-,24+/m0/s1. The van der Waals surface area contributed by atoms with Crippen molar-refractivity contribution in [2.24, 2.45) is 40.9 Å². The molecule has 3 heterocycles. The molecule has 0 aromatic heterocycles. The Morgan fingerprint density at radius 3 is 2.71 bits per heavy atom. The molecule has 0 bridgehead atoms. The Morgan fingerprint density at radius 1 is 1.14 bits per heavy atom. The predicted octanol–water partition coefficient (Wildman–Crippen LogP) is 4.13. The zero-order valence-corrected chi connectivity index (χ0v) is 18.4. The quantitative estimate of drug-likeness (QED) is 0.526. The number of nitrogens with zero attached hydrogens (tertiary/aromatic N) is 1. The third-order valence-electron chi connectivity index (χ3n) is 8.95. The molecule has 3 aliphatic heterocycles. The summed E-state index contributed by atoms with van der Waals surface area (Å²) in [7, 11) is 0. The Labute approximate surface area is 170 Å². The van der Waals surface area contributed by atoms with Gasteiger partial charge >= 0.3 is 5.97 Å². The number of carbonyl (C=O) groups is 1. The van der Waals surface area contributed by atoms with Crippen molar-refractivity contribution >= 4 is 5.97 Å². The first-order valence-corrected chi connectivity index (χ1v) is 11.8. The van der Waals surface area contributed by atoms with Gasteiger partial charge in [-0.2, -0.15) is 0 Å². The predicted molar refractivity (Wildman–Crippen MR) is 109 cm³/mol. The summed E-state index contributed by atoms with van der Waals surface area (Å²) in [5, 5.41) is 0. The lowest BCUT2D eigenvalue weighted by Gasteiger charge is -2.45. The zero-order valence-electron chi connectivity index (χ0n) is 18.4. The van der Waals surface area contributed by atoms with Gasteiger partial charge in [0.05, 0.1) is 17.6 Å². The van der Waals surface area contributed by atoms with Crippen LogP contribution < -0.4 is 0 Å². The largest absolute Gasteiger partial charge is 0.461 e. The van der Waals surface area contributed by atoms with Crippen LogP contribution in [0.25, 0.3) is 0 Å². The monoisotopic (exact) mass is 389 g/mol. The smallest absolute Gasteiger partial charge is 0.310 e. The molecule has 158 valence electrons. The molecule has 5 fully saturated rings. The van der Waals surface area contributed by atoms with Gasteiger partial charge in [-0.1, -0.05) is 27.7 Å². The van der Waals surface area contributed by atoms with Gasteiger partial charge in [0.25, 0.3) is 0 Å². The summed E-state index contributed by atoms with van der Waals surface area (Å²) < 4.78 is 12.3. The van der Waals surface area contributed by atoms with E-state index in [1.165, 1.54) is 25.7 Å². The molecule has 5 rings (SSSR count). The van der Waals surface area contributed by atoms with E-state index in [-0.39, 0.29) is 23.6 Å². The highest BCUT2D eigenvalue weighted by Gasteiger charge is 2.67. The van der Waals surface area contributed by atoms with Crippen molar-refractivity contribution in [1.82, 2.24) is 4.90 Å². The molecule has 4 heteroatoms. The average Bonchev–Trinajstić information content (AvgIpc) is 3.23. The Kier molecular flexibility index (Phi) is 4.45. The van der Waals surface area contributed by atoms with Gasteiger partial charge in [0.2, 0.25) is 0 Å². The van der Waals surface area contributed by atoms with Gasteiger partial charge in [-0.25, -0.2) is 0 Å². The minimum absolute atomic E-state index is 0.0598. The fourth-order valence-electron chi connectivity index (χ4n) is 7.71. The van der Waals surface area contributed by atoms with E-state index in [1.54, 1.807) is 0 Å². The van der Waals surface area contributed by atoms with Gasteiger partial charge < -0.3 is 14.4 Å². The lowest BCUT2D eigenvalue weighted by molar-refractivity contribution is -0.149. The highest BCUT2D eigenvalue weighted by Crippen LogP contribution is 2.61. The number of carbonyl (C=O) groups excluding carboxylic acids is 1. The first-order chi connectivity index (χ1) is 13.2. The molecule has 5 aliphatic rings. The second kappa shape index (κ2) is 6.44. The SMILES string of the molecule is C[C@H]1CCN(C[C@H]2C(=O)O[C@H]3[C@H]2C[C@@H](C)[C@@H]2CC[C@@]4(C)O[C@H]4[C@@H]23)CC(C)(C)C1. The second-order valence-electron chi connectivity index (χ2n) is 12.0. The molecular formula is C24H39NO3. The minimum atomic E-state index is 0.0598. The topological polar surface area (TPSA) is 42.1 Å². The molecule has 0 amide bonds. The van der Waals surface area contributed by atoms with Crippen LogP contribution in [0.1, 0.15) is 66.7 Å². The van der Waals surface area contributed by atoms with Crippen LogP contribution >= 0.6 is 0 Å². The van der Waals surface area contributed by atoms with E-state index in [2.05, 4.69) is 39.5 Å². The van der Waals surface area contributed by atoms with Crippen molar-refractivity contribution in [3.05, 3.63) is 0 Å². The maximum Gasteiger partial charge on any atom is 0.310 e. The van der Waals surface area contributed by atoms with Crippen molar-refractivity contribution in [1.29, 1.82) is 0 Å². The van der Waals surface area contributed by atoms with Gasteiger partial charge in [0, 0.05) is 24.9 Å². The lowest BCUT2D eigenvalue weighted by Crippen LogP contribution is -2.49. The summed E-state index contributed by atoms with van der Waals surface area (Å²) in [6.07, 6.45) is 6.52. The number of epoxide rings is 1. The maximum atomic E-state index is 13.0. The summed E-state index contributed by atoms with van der Waals surface area (Å²) in [4.78, 5) is 15.6. The average molecular weight is 390 g/mol. The number of ether oxygens (including phenoxy) is 2. The molecule has 2 aliphatic carbocycles. The number of hydrogen-bond acceptors (Lipinski definition) is 4. The lowest BCUT2D eigenvalue weighted by atomic mass is 9.58. The van der Waals surface area contributed by atoms with Gasteiger partial charge in [-0.3, -0.25) is 4.79 Å². The number of fused-ring (bicyclic) bond motifs is 5. The van der Waals surface area contributed by atoms with Gasteiger partial charge in [-0.05, 0) is 68.7 Å². The number of esters is 1. The molecule has 2 saturated carbocycles. The van der Waals surface area contributed by atoms with Crippen LogP contribution in [0.4, 0.5) is 0 Å². The third kappa shape index (κ3) is 3.14. The maximum absolute atomic E-state index is 13.0. The Bertz CT molecular complexity index is 648. The van der Waals surface area contributed by atoms with Crippen molar-refractivity contribution in [3.63, 3.8) is 0 Å². The minimum Gasteiger partial charge on any atom is -0.461 e. The van der Waals surface area contributed by atoms with E-state index in [9.17, 15) is 4.79 Å². The van der Waals surface area contributed by atoms with Crippen LogP contribution in [0, 0.1) is 40.9 Å². The van der Waals surface area contributed by atoms with Crippen LogP contribution in [-0.2, 0) is 14.3 Å². The van der Waals surface area contributed by atoms with E-state index in [1.807, 2.05) is 0 Å². The molecule has 0 radical (unpaired) electrons. The van der Waals surface area contributed by atoms with Crippen LogP contribution in [0.2, 0.25) is 0 Å². The van der Waals surface area contributed by atoms with Crippen molar-refractivity contribution < 1.29 is 14.3 Å². The summed E-state index contributed by atoms with van der Waals surface area (Å²) in [6, 6.07) is 0. The Morgan fingerprint density at radius 2 is 1.93 bits per heavy atom. The zero-order chi connectivity index (χ0) is 19.8. The fraction of sp³-hybridized carbons (Fsp3) is 0.958. The summed E-state index contributed by atoms with van der Waals surface area (Å²) >= 11 is 0. The van der Waals surface area contributed by atoms with E-state index in [0.717, 1.165) is 32.0 Å². The molecular weight excluding hydrogens is 350 g/mol. The number of rotatable bonds is 2. The third-order valence-corrected chi connectivity index (χ3v) is 8.95. The van der Waals surface area contributed by atoms with Crippen LogP contribution in [-0.4, -0.2) is 48.3 Å². The van der Waals surface area contributed by atoms with Gasteiger partial charge in [0.1, 0.15) is 6.10 Å². The van der Waals surface area contributed by atoms with E-state index < -0.39 is 0 Å². The van der Waals surface area contributed by atoms with Crippen molar-refractivity contribution in [2.75, 3.05) is 19.6 Å². The fourth-order valence-corrected chi connectivity index (χ4v) is 7.71. The first-order valence-electron chi connectivity index (χ1n) is 11.8. The molecule has 0 N–H and O–H groups in total. The van der Waals surface area contributed by atoms with Gasteiger partial charge in [-0.15, -0.1) is 0 Å². The molecule has 0 aromatic carbocycles. The van der Waals surface area contributed by atoms with Crippen LogP contribution in [0.3, 0.4) is 0 Å². The number of likely N-dealkylation sites (tertiary alicyclic amines) is 1. The molecule has 0 aromatic rings.